The van der Waals surface area contributed by atoms with Crippen LogP contribution in [0.4, 0.5) is 0 Å². The normalized spacial score (nSPS) is 19.6. The van der Waals surface area contributed by atoms with Gasteiger partial charge < -0.3 is 4.74 Å². The molecule has 0 bridgehead atoms. The number of hydrogen-bond donors (Lipinski definition) is 0. The van der Waals surface area contributed by atoms with Crippen LogP contribution in [0, 0.1) is 0 Å². The molecule has 1 atom stereocenters. The fourth-order valence-corrected chi connectivity index (χ4v) is 1.59. The number of rotatable bonds is 3. The molecular formula is C13H12O2. The number of cyclic esters (lactones) is 1. The first kappa shape index (κ1) is 9.71. The van der Waals surface area contributed by atoms with Gasteiger partial charge in [-0.15, -0.1) is 6.58 Å². The topological polar surface area (TPSA) is 26.3 Å². The first-order valence-corrected chi connectivity index (χ1v) is 4.89. The molecule has 0 saturated heterocycles. The molecule has 1 aliphatic rings. The lowest BCUT2D eigenvalue weighted by molar-refractivity contribution is -0.139. The van der Waals surface area contributed by atoms with Gasteiger partial charge in [0.05, 0.1) is 0 Å². The SMILES string of the molecule is C=CCC1=C[C@H](c2ccccc2)OC1=O. The zero-order chi connectivity index (χ0) is 10.7. The van der Waals surface area contributed by atoms with Crippen molar-refractivity contribution in [2.75, 3.05) is 0 Å². The fourth-order valence-electron chi connectivity index (χ4n) is 1.59. The van der Waals surface area contributed by atoms with E-state index >= 15 is 0 Å². The van der Waals surface area contributed by atoms with Gasteiger partial charge in [0.1, 0.15) is 6.10 Å². The van der Waals surface area contributed by atoms with E-state index in [1.165, 1.54) is 0 Å². The molecular weight excluding hydrogens is 188 g/mol. The van der Waals surface area contributed by atoms with Crippen molar-refractivity contribution in [2.45, 2.75) is 12.5 Å². The highest BCUT2D eigenvalue weighted by atomic mass is 16.5. The van der Waals surface area contributed by atoms with Crippen LogP contribution < -0.4 is 0 Å². The summed E-state index contributed by atoms with van der Waals surface area (Å²) in [5, 5.41) is 0. The molecule has 0 aromatic heterocycles. The second kappa shape index (κ2) is 4.13. The summed E-state index contributed by atoms with van der Waals surface area (Å²) in [5.74, 6) is -0.233. The van der Waals surface area contributed by atoms with Crippen LogP contribution in [0.5, 0.6) is 0 Å². The lowest BCUT2D eigenvalue weighted by Crippen LogP contribution is -2.01. The van der Waals surface area contributed by atoms with Crippen molar-refractivity contribution in [3.8, 4) is 0 Å². The van der Waals surface area contributed by atoms with Gasteiger partial charge in [0.15, 0.2) is 0 Å². The number of carbonyl (C=O) groups is 1. The monoisotopic (exact) mass is 200 g/mol. The quantitative estimate of drug-likeness (QED) is 0.554. The summed E-state index contributed by atoms with van der Waals surface area (Å²) in [7, 11) is 0. The summed E-state index contributed by atoms with van der Waals surface area (Å²) in [4.78, 5) is 11.4. The van der Waals surface area contributed by atoms with Crippen LogP contribution in [-0.2, 0) is 9.53 Å². The maximum absolute atomic E-state index is 11.4. The summed E-state index contributed by atoms with van der Waals surface area (Å²) in [6.07, 6.45) is 3.91. The summed E-state index contributed by atoms with van der Waals surface area (Å²) in [5.41, 5.74) is 1.70. The molecule has 0 amide bonds. The van der Waals surface area contributed by atoms with E-state index in [0.29, 0.717) is 12.0 Å². The molecule has 0 aliphatic carbocycles. The number of benzene rings is 1. The van der Waals surface area contributed by atoms with Gasteiger partial charge >= 0.3 is 5.97 Å². The van der Waals surface area contributed by atoms with Crippen LogP contribution >= 0.6 is 0 Å². The van der Waals surface area contributed by atoms with E-state index < -0.39 is 0 Å². The highest BCUT2D eigenvalue weighted by Crippen LogP contribution is 2.28. The van der Waals surface area contributed by atoms with Crippen molar-refractivity contribution in [3.63, 3.8) is 0 Å². The molecule has 0 radical (unpaired) electrons. The molecule has 2 rings (SSSR count). The van der Waals surface area contributed by atoms with E-state index in [-0.39, 0.29) is 12.1 Å². The third kappa shape index (κ3) is 1.99. The summed E-state index contributed by atoms with van der Waals surface area (Å²) in [6.45, 7) is 3.61. The van der Waals surface area contributed by atoms with Crippen LogP contribution in [0.25, 0.3) is 0 Å². The standard InChI is InChI=1S/C13H12O2/c1-2-6-11-9-12(15-13(11)14)10-7-4-3-5-8-10/h2-5,7-9,12H,1,6H2/t12-/m1/s1. The minimum Gasteiger partial charge on any atom is -0.450 e. The zero-order valence-electron chi connectivity index (χ0n) is 8.35. The number of hydrogen-bond acceptors (Lipinski definition) is 2. The second-order valence-electron chi connectivity index (χ2n) is 3.42. The molecule has 2 nitrogen and oxygen atoms in total. The van der Waals surface area contributed by atoms with Crippen LogP contribution in [0.2, 0.25) is 0 Å². The van der Waals surface area contributed by atoms with Crippen molar-refractivity contribution in [3.05, 3.63) is 60.2 Å². The predicted molar refractivity (Wildman–Crippen MR) is 58.2 cm³/mol. The van der Waals surface area contributed by atoms with Crippen molar-refractivity contribution >= 4 is 5.97 Å². The molecule has 76 valence electrons. The van der Waals surface area contributed by atoms with E-state index in [1.54, 1.807) is 6.08 Å². The van der Waals surface area contributed by atoms with Gasteiger partial charge in [0, 0.05) is 5.57 Å². The average molecular weight is 200 g/mol. The Morgan fingerprint density at radius 2 is 2.07 bits per heavy atom. The molecule has 0 saturated carbocycles. The lowest BCUT2D eigenvalue weighted by Gasteiger charge is -2.07. The van der Waals surface area contributed by atoms with E-state index in [2.05, 4.69) is 6.58 Å². The molecule has 1 aliphatic heterocycles. The van der Waals surface area contributed by atoms with E-state index in [9.17, 15) is 4.79 Å². The first-order chi connectivity index (χ1) is 7.31. The van der Waals surface area contributed by atoms with E-state index in [0.717, 1.165) is 5.56 Å². The lowest BCUT2D eigenvalue weighted by atomic mass is 10.1. The fraction of sp³-hybridized carbons (Fsp3) is 0.154. The Hall–Kier alpha value is -1.83. The smallest absolute Gasteiger partial charge is 0.335 e. The Labute approximate surface area is 88.9 Å². The third-order valence-electron chi connectivity index (χ3n) is 2.34. The Balaban J connectivity index is 2.21. The highest BCUT2D eigenvalue weighted by molar-refractivity contribution is 5.91. The van der Waals surface area contributed by atoms with Gasteiger partial charge in [-0.25, -0.2) is 4.79 Å². The van der Waals surface area contributed by atoms with Gasteiger partial charge in [-0.1, -0.05) is 36.4 Å². The summed E-state index contributed by atoms with van der Waals surface area (Å²) < 4.78 is 5.23. The largest absolute Gasteiger partial charge is 0.450 e. The Bertz CT molecular complexity index is 404. The van der Waals surface area contributed by atoms with Gasteiger partial charge in [-0.05, 0) is 18.1 Å². The van der Waals surface area contributed by atoms with Crippen LogP contribution in [0.3, 0.4) is 0 Å². The van der Waals surface area contributed by atoms with Crippen molar-refractivity contribution in [1.29, 1.82) is 0 Å². The van der Waals surface area contributed by atoms with Crippen molar-refractivity contribution < 1.29 is 9.53 Å². The molecule has 0 N–H and O–H groups in total. The minimum absolute atomic E-state index is 0.228. The molecule has 1 heterocycles. The number of allylic oxidation sites excluding steroid dienone is 1. The molecule has 1 aromatic rings. The second-order valence-corrected chi connectivity index (χ2v) is 3.42. The molecule has 0 spiro atoms. The van der Waals surface area contributed by atoms with Crippen LogP contribution in [-0.4, -0.2) is 5.97 Å². The molecule has 15 heavy (non-hydrogen) atoms. The first-order valence-electron chi connectivity index (χ1n) is 4.89. The predicted octanol–water partition coefficient (Wildman–Crippen LogP) is 2.79. The third-order valence-corrected chi connectivity index (χ3v) is 2.34. The maximum atomic E-state index is 11.4. The Kier molecular flexibility index (Phi) is 2.68. The van der Waals surface area contributed by atoms with Gasteiger partial charge in [-0.3, -0.25) is 0 Å². The number of ether oxygens (including phenoxy) is 1. The summed E-state index contributed by atoms with van der Waals surface area (Å²) >= 11 is 0. The summed E-state index contributed by atoms with van der Waals surface area (Å²) in [6, 6.07) is 9.70. The maximum Gasteiger partial charge on any atom is 0.335 e. The van der Waals surface area contributed by atoms with Crippen LogP contribution in [0.15, 0.2) is 54.6 Å². The number of carbonyl (C=O) groups excluding carboxylic acids is 1. The van der Waals surface area contributed by atoms with Gasteiger partial charge in [0.2, 0.25) is 0 Å². The van der Waals surface area contributed by atoms with E-state index in [1.807, 2.05) is 36.4 Å². The van der Waals surface area contributed by atoms with E-state index in [4.69, 9.17) is 4.74 Å². The molecule has 2 heteroatoms. The Morgan fingerprint density at radius 3 is 2.73 bits per heavy atom. The molecule has 1 aromatic carbocycles. The minimum atomic E-state index is -0.233. The van der Waals surface area contributed by atoms with Crippen molar-refractivity contribution in [2.24, 2.45) is 0 Å². The van der Waals surface area contributed by atoms with Crippen molar-refractivity contribution in [1.82, 2.24) is 0 Å². The zero-order valence-corrected chi connectivity index (χ0v) is 8.35. The molecule has 0 unspecified atom stereocenters. The molecule has 0 fully saturated rings. The highest BCUT2D eigenvalue weighted by Gasteiger charge is 2.25. The van der Waals surface area contributed by atoms with Gasteiger partial charge in [0.25, 0.3) is 0 Å². The van der Waals surface area contributed by atoms with Gasteiger partial charge in [-0.2, -0.15) is 0 Å². The Morgan fingerprint density at radius 1 is 1.33 bits per heavy atom. The number of esters is 1. The average Bonchev–Trinajstić information content (AvgIpc) is 2.63. The van der Waals surface area contributed by atoms with Crippen LogP contribution in [0.1, 0.15) is 18.1 Å².